The van der Waals surface area contributed by atoms with Gasteiger partial charge >= 0.3 is 7.48 Å². The Bertz CT molecular complexity index is 429. The third kappa shape index (κ3) is 2.78. The zero-order chi connectivity index (χ0) is 12.3. The van der Waals surface area contributed by atoms with E-state index >= 15 is 0 Å². The van der Waals surface area contributed by atoms with Crippen molar-refractivity contribution in [3.05, 3.63) is 41.0 Å². The molecule has 0 heterocycles. The van der Waals surface area contributed by atoms with Gasteiger partial charge in [-0.25, -0.2) is 0 Å². The highest BCUT2D eigenvalue weighted by Gasteiger charge is 2.20. The molecule has 0 saturated heterocycles. The Labute approximate surface area is 102 Å². The number of rotatable bonds is 4. The minimum absolute atomic E-state index is 0.00712. The van der Waals surface area contributed by atoms with Gasteiger partial charge in [0.05, 0.1) is 6.10 Å². The summed E-state index contributed by atoms with van der Waals surface area (Å²) in [7, 11) is 1.65. The molecule has 1 aliphatic rings. The van der Waals surface area contributed by atoms with Gasteiger partial charge in [-0.05, 0) is 23.5 Å². The molecule has 1 unspecified atom stereocenters. The van der Waals surface area contributed by atoms with Crippen molar-refractivity contribution in [3.63, 3.8) is 0 Å². The Morgan fingerprint density at radius 2 is 2.29 bits per heavy atom. The van der Waals surface area contributed by atoms with Gasteiger partial charge in [0.1, 0.15) is 6.79 Å². The third-order valence-corrected chi connectivity index (χ3v) is 2.99. The van der Waals surface area contributed by atoms with Crippen LogP contribution < -0.4 is 0 Å². The van der Waals surface area contributed by atoms with Crippen LogP contribution in [0, 0.1) is 6.92 Å². The molecular weight excluding hydrogens is 215 g/mol. The lowest BCUT2D eigenvalue weighted by Crippen LogP contribution is -2.21. The van der Waals surface area contributed by atoms with Crippen molar-refractivity contribution >= 4 is 13.0 Å². The Hall–Kier alpha value is -1.10. The third-order valence-electron chi connectivity index (χ3n) is 2.99. The Balaban J connectivity index is 2.26. The topological polar surface area (TPSA) is 38.7 Å². The molecule has 0 radical (unpaired) electrons. The number of ether oxygens (including phenoxy) is 2. The van der Waals surface area contributed by atoms with Crippen LogP contribution in [0.5, 0.6) is 0 Å². The predicted octanol–water partition coefficient (Wildman–Crippen LogP) is 1.22. The molecule has 0 amide bonds. The number of benzene rings is 1. The number of aryl methyl sites for hydroxylation is 1. The van der Waals surface area contributed by atoms with E-state index in [-0.39, 0.29) is 20.4 Å². The smallest absolute Gasteiger partial charge is 0.305 e. The summed E-state index contributed by atoms with van der Waals surface area (Å²) in [5.74, 6) is 0. The molecule has 3 nitrogen and oxygen atoms in total. The van der Waals surface area contributed by atoms with Crippen LogP contribution in [-0.4, -0.2) is 32.5 Å². The van der Waals surface area contributed by atoms with E-state index in [9.17, 15) is 5.02 Å². The lowest BCUT2D eigenvalue weighted by atomic mass is 9.75. The van der Waals surface area contributed by atoms with Gasteiger partial charge in [-0.3, -0.25) is 0 Å². The second kappa shape index (κ2) is 5.49. The van der Waals surface area contributed by atoms with Gasteiger partial charge in [0.2, 0.25) is 0 Å². The number of hydrogen-bond acceptors (Lipinski definition) is 3. The van der Waals surface area contributed by atoms with Gasteiger partial charge in [0.15, 0.2) is 0 Å². The van der Waals surface area contributed by atoms with Crippen LogP contribution in [0.2, 0.25) is 0 Å². The van der Waals surface area contributed by atoms with E-state index in [1.165, 1.54) is 11.1 Å². The van der Waals surface area contributed by atoms with Gasteiger partial charge in [-0.15, -0.1) is 0 Å². The molecule has 0 fully saturated rings. The van der Waals surface area contributed by atoms with Crippen LogP contribution in [0.4, 0.5) is 0 Å². The van der Waals surface area contributed by atoms with Crippen molar-refractivity contribution in [2.45, 2.75) is 19.4 Å². The largest absolute Gasteiger partial charge is 0.449 e. The quantitative estimate of drug-likeness (QED) is 0.626. The first-order valence-electron chi connectivity index (χ1n) is 5.76. The average molecular weight is 232 g/mol. The van der Waals surface area contributed by atoms with Crippen LogP contribution in [-0.2, 0) is 15.9 Å². The van der Waals surface area contributed by atoms with Gasteiger partial charge in [0, 0.05) is 13.5 Å². The first-order valence-corrected chi connectivity index (χ1v) is 5.76. The summed E-state index contributed by atoms with van der Waals surface area (Å²) in [5.41, 5.74) is 4.52. The molecule has 0 saturated carbocycles. The van der Waals surface area contributed by atoms with E-state index in [0.717, 1.165) is 17.5 Å². The Kier molecular flexibility index (Phi) is 4.00. The summed E-state index contributed by atoms with van der Waals surface area (Å²) in [6, 6.07) is 6.31. The van der Waals surface area contributed by atoms with E-state index in [1.54, 1.807) is 7.11 Å². The van der Waals surface area contributed by atoms with Gasteiger partial charge < -0.3 is 14.5 Å². The zero-order valence-electron chi connectivity index (χ0n) is 10.3. The van der Waals surface area contributed by atoms with Crippen molar-refractivity contribution in [1.82, 2.24) is 0 Å². The highest BCUT2D eigenvalue weighted by atomic mass is 16.7. The standard InChI is InChI=1S/C13H17BO3/c1-9-3-4-10-6-11(17-8-16-2)7-13(14-15)12(10)5-9/h3-5,7,11,14-15H,6,8H2,1-2H3. The maximum absolute atomic E-state index is 9.42. The summed E-state index contributed by atoms with van der Waals surface area (Å²) in [6.45, 7) is 2.34. The number of methoxy groups -OCH3 is 1. The second-order valence-electron chi connectivity index (χ2n) is 4.33. The first-order chi connectivity index (χ1) is 8.24. The molecule has 0 aromatic heterocycles. The average Bonchev–Trinajstić information content (AvgIpc) is 2.35. The highest BCUT2D eigenvalue weighted by Crippen LogP contribution is 2.27. The van der Waals surface area contributed by atoms with Crippen LogP contribution in [0.3, 0.4) is 0 Å². The molecule has 1 aromatic rings. The van der Waals surface area contributed by atoms with Crippen LogP contribution in [0.1, 0.15) is 16.7 Å². The van der Waals surface area contributed by atoms with E-state index in [4.69, 9.17) is 9.47 Å². The van der Waals surface area contributed by atoms with Gasteiger partial charge in [-0.2, -0.15) is 0 Å². The fraction of sp³-hybridized carbons (Fsp3) is 0.385. The molecule has 1 N–H and O–H groups in total. The highest BCUT2D eigenvalue weighted by molar-refractivity contribution is 6.54. The summed E-state index contributed by atoms with van der Waals surface area (Å²) < 4.78 is 10.4. The first kappa shape index (κ1) is 12.4. The lowest BCUT2D eigenvalue weighted by Gasteiger charge is -2.23. The number of fused-ring (bicyclic) bond motifs is 1. The monoisotopic (exact) mass is 232 g/mol. The van der Waals surface area contributed by atoms with Crippen LogP contribution >= 0.6 is 0 Å². The molecule has 1 aliphatic carbocycles. The maximum Gasteiger partial charge on any atom is 0.305 e. The van der Waals surface area contributed by atoms with E-state index in [0.29, 0.717) is 0 Å². The van der Waals surface area contributed by atoms with Gasteiger partial charge in [-0.1, -0.05) is 29.8 Å². The summed E-state index contributed by atoms with van der Waals surface area (Å²) >= 11 is 0. The Morgan fingerprint density at radius 3 is 3.00 bits per heavy atom. The van der Waals surface area contributed by atoms with Crippen molar-refractivity contribution in [3.8, 4) is 0 Å². The molecule has 0 bridgehead atoms. The van der Waals surface area contributed by atoms with Crippen LogP contribution in [0.25, 0.3) is 5.47 Å². The van der Waals surface area contributed by atoms with Gasteiger partial charge in [0.25, 0.3) is 0 Å². The van der Waals surface area contributed by atoms with Crippen molar-refractivity contribution in [2.75, 3.05) is 13.9 Å². The summed E-state index contributed by atoms with van der Waals surface area (Å²) in [4.78, 5) is 0. The van der Waals surface area contributed by atoms with E-state index in [2.05, 4.69) is 25.1 Å². The van der Waals surface area contributed by atoms with E-state index < -0.39 is 0 Å². The van der Waals surface area contributed by atoms with Crippen molar-refractivity contribution in [2.24, 2.45) is 0 Å². The Morgan fingerprint density at radius 1 is 1.47 bits per heavy atom. The molecule has 0 aliphatic heterocycles. The van der Waals surface area contributed by atoms with Crippen molar-refractivity contribution in [1.29, 1.82) is 0 Å². The molecule has 1 atom stereocenters. The molecule has 2 rings (SSSR count). The lowest BCUT2D eigenvalue weighted by molar-refractivity contribution is -0.0551. The minimum atomic E-state index is -0.00712. The van der Waals surface area contributed by atoms with Crippen molar-refractivity contribution < 1.29 is 14.5 Å². The normalized spacial score (nSPS) is 18.5. The molecular formula is C13H17BO3. The SMILES string of the molecule is COCOC1C=C(BO)c2cc(C)ccc2C1. The fourth-order valence-electron chi connectivity index (χ4n) is 2.16. The predicted molar refractivity (Wildman–Crippen MR) is 69.0 cm³/mol. The summed E-state index contributed by atoms with van der Waals surface area (Å²) in [5, 5.41) is 9.42. The molecule has 17 heavy (non-hydrogen) atoms. The summed E-state index contributed by atoms with van der Waals surface area (Å²) in [6.07, 6.45) is 2.82. The van der Waals surface area contributed by atoms with Crippen LogP contribution in [0.15, 0.2) is 24.3 Å². The minimum Gasteiger partial charge on any atom is -0.449 e. The zero-order valence-corrected chi connectivity index (χ0v) is 10.3. The molecule has 4 heteroatoms. The fourth-order valence-corrected chi connectivity index (χ4v) is 2.16. The maximum atomic E-state index is 9.42. The molecule has 90 valence electrons. The molecule has 1 aromatic carbocycles. The number of hydrogen-bond donors (Lipinski definition) is 1. The van der Waals surface area contributed by atoms with E-state index in [1.807, 2.05) is 6.08 Å². The molecule has 0 spiro atoms. The second-order valence-corrected chi connectivity index (χ2v) is 4.33.